The zero-order valence-electron chi connectivity index (χ0n) is 11.8. The van der Waals surface area contributed by atoms with Crippen LogP contribution in [0.15, 0.2) is 22.7 Å². The number of nitrogens with zero attached hydrogens (tertiary/aromatic N) is 1. The third kappa shape index (κ3) is 3.77. The number of piperidine rings is 1. The molecule has 1 N–H and O–H groups in total. The van der Waals surface area contributed by atoms with E-state index in [4.69, 9.17) is 0 Å². The molecule has 0 aliphatic carbocycles. The Kier molecular flexibility index (Phi) is 4.98. The second-order valence-corrected chi connectivity index (χ2v) is 6.58. The molecule has 106 valence electrons. The van der Waals surface area contributed by atoms with Gasteiger partial charge in [-0.2, -0.15) is 0 Å². The molecule has 0 amide bonds. The summed E-state index contributed by atoms with van der Waals surface area (Å²) in [5.41, 5.74) is 0.985. The summed E-state index contributed by atoms with van der Waals surface area (Å²) in [5, 5.41) is 3.58. The van der Waals surface area contributed by atoms with E-state index in [0.717, 1.165) is 23.0 Å². The van der Waals surface area contributed by atoms with Crippen LogP contribution in [-0.4, -0.2) is 30.6 Å². The van der Waals surface area contributed by atoms with Crippen molar-refractivity contribution in [3.8, 4) is 0 Å². The zero-order chi connectivity index (χ0) is 14.0. The fourth-order valence-electron chi connectivity index (χ4n) is 2.75. The summed E-state index contributed by atoms with van der Waals surface area (Å²) in [6, 6.07) is 5.95. The SMILES string of the molecule is CC1CN(C)C(C)CC1NCc1cc(F)ccc1Br. The number of likely N-dealkylation sites (tertiary alicyclic amines) is 1. The van der Waals surface area contributed by atoms with Crippen molar-refractivity contribution in [2.75, 3.05) is 13.6 Å². The molecule has 19 heavy (non-hydrogen) atoms. The first-order chi connectivity index (χ1) is 8.97. The van der Waals surface area contributed by atoms with Crippen molar-refractivity contribution < 1.29 is 4.39 Å². The Labute approximate surface area is 123 Å². The molecule has 1 aliphatic heterocycles. The van der Waals surface area contributed by atoms with E-state index in [1.165, 1.54) is 6.07 Å². The van der Waals surface area contributed by atoms with Crippen LogP contribution in [0, 0.1) is 11.7 Å². The van der Waals surface area contributed by atoms with Crippen LogP contribution in [-0.2, 0) is 6.54 Å². The molecule has 3 unspecified atom stereocenters. The van der Waals surface area contributed by atoms with Gasteiger partial charge in [0.25, 0.3) is 0 Å². The summed E-state index contributed by atoms with van der Waals surface area (Å²) >= 11 is 3.48. The van der Waals surface area contributed by atoms with Gasteiger partial charge in [0.2, 0.25) is 0 Å². The second kappa shape index (κ2) is 6.33. The Bertz CT molecular complexity index is 438. The van der Waals surface area contributed by atoms with Crippen molar-refractivity contribution in [3.63, 3.8) is 0 Å². The number of nitrogens with one attached hydrogen (secondary N) is 1. The van der Waals surface area contributed by atoms with Crippen LogP contribution >= 0.6 is 15.9 Å². The van der Waals surface area contributed by atoms with E-state index in [9.17, 15) is 4.39 Å². The lowest BCUT2D eigenvalue weighted by Crippen LogP contribution is -2.50. The second-order valence-electron chi connectivity index (χ2n) is 5.72. The van der Waals surface area contributed by atoms with Gasteiger partial charge >= 0.3 is 0 Å². The molecule has 0 saturated carbocycles. The van der Waals surface area contributed by atoms with E-state index in [0.29, 0.717) is 24.5 Å². The topological polar surface area (TPSA) is 15.3 Å². The fourth-order valence-corrected chi connectivity index (χ4v) is 3.13. The van der Waals surface area contributed by atoms with Gasteiger partial charge in [-0.05, 0) is 50.1 Å². The Morgan fingerprint density at radius 2 is 2.16 bits per heavy atom. The monoisotopic (exact) mass is 328 g/mol. The van der Waals surface area contributed by atoms with Gasteiger partial charge in [0, 0.05) is 29.6 Å². The molecule has 1 aliphatic rings. The summed E-state index contributed by atoms with van der Waals surface area (Å²) in [4.78, 5) is 2.40. The summed E-state index contributed by atoms with van der Waals surface area (Å²) in [6.45, 7) is 6.37. The summed E-state index contributed by atoms with van der Waals surface area (Å²) in [6.07, 6.45) is 1.14. The molecule has 1 aromatic carbocycles. The Balaban J connectivity index is 1.96. The maximum atomic E-state index is 13.2. The van der Waals surface area contributed by atoms with Gasteiger partial charge in [-0.3, -0.25) is 0 Å². The van der Waals surface area contributed by atoms with E-state index in [1.807, 2.05) is 0 Å². The Morgan fingerprint density at radius 3 is 2.89 bits per heavy atom. The number of hydrogen-bond acceptors (Lipinski definition) is 2. The van der Waals surface area contributed by atoms with Crippen molar-refractivity contribution in [2.24, 2.45) is 5.92 Å². The van der Waals surface area contributed by atoms with Gasteiger partial charge in [-0.1, -0.05) is 22.9 Å². The Morgan fingerprint density at radius 1 is 1.42 bits per heavy atom. The van der Waals surface area contributed by atoms with Crippen LogP contribution in [0.2, 0.25) is 0 Å². The highest BCUT2D eigenvalue weighted by Crippen LogP contribution is 2.22. The van der Waals surface area contributed by atoms with Crippen molar-refractivity contribution >= 4 is 15.9 Å². The first kappa shape index (κ1) is 14.9. The number of halogens is 2. The van der Waals surface area contributed by atoms with Crippen LogP contribution in [0.3, 0.4) is 0 Å². The standard InChI is InChI=1S/C15H22BrFN2/c1-10-9-19(3)11(2)6-15(10)18-8-12-7-13(17)4-5-14(12)16/h4-5,7,10-11,15,18H,6,8-9H2,1-3H3. The normalized spacial score (nSPS) is 28.6. The lowest BCUT2D eigenvalue weighted by atomic mass is 9.90. The first-order valence-corrected chi connectivity index (χ1v) is 7.64. The lowest BCUT2D eigenvalue weighted by Gasteiger charge is -2.40. The van der Waals surface area contributed by atoms with Crippen LogP contribution in [0.4, 0.5) is 4.39 Å². The predicted octanol–water partition coefficient (Wildman–Crippen LogP) is 3.41. The van der Waals surface area contributed by atoms with E-state index in [-0.39, 0.29) is 5.82 Å². The molecule has 3 atom stereocenters. The van der Waals surface area contributed by atoms with Crippen LogP contribution in [0.25, 0.3) is 0 Å². The maximum Gasteiger partial charge on any atom is 0.123 e. The van der Waals surface area contributed by atoms with E-state index in [1.54, 1.807) is 12.1 Å². The summed E-state index contributed by atoms with van der Waals surface area (Å²) < 4.78 is 14.2. The van der Waals surface area contributed by atoms with E-state index < -0.39 is 0 Å². The maximum absolute atomic E-state index is 13.2. The molecular weight excluding hydrogens is 307 g/mol. The molecule has 1 fully saturated rings. The molecule has 1 heterocycles. The molecule has 2 nitrogen and oxygen atoms in total. The minimum Gasteiger partial charge on any atom is -0.310 e. The summed E-state index contributed by atoms with van der Waals surface area (Å²) in [7, 11) is 2.18. The molecule has 0 spiro atoms. The highest BCUT2D eigenvalue weighted by molar-refractivity contribution is 9.10. The van der Waals surface area contributed by atoms with E-state index in [2.05, 4.69) is 47.0 Å². The van der Waals surface area contributed by atoms with Gasteiger partial charge in [0.15, 0.2) is 0 Å². The summed E-state index contributed by atoms with van der Waals surface area (Å²) in [5.74, 6) is 0.443. The third-order valence-corrected chi connectivity index (χ3v) is 4.95. The van der Waals surface area contributed by atoms with Crippen molar-refractivity contribution in [1.82, 2.24) is 10.2 Å². The average molecular weight is 329 g/mol. The number of benzene rings is 1. The third-order valence-electron chi connectivity index (χ3n) is 4.17. The molecule has 0 bridgehead atoms. The van der Waals surface area contributed by atoms with Gasteiger partial charge in [0.05, 0.1) is 0 Å². The molecule has 4 heteroatoms. The van der Waals surface area contributed by atoms with Crippen LogP contribution in [0.5, 0.6) is 0 Å². The smallest absolute Gasteiger partial charge is 0.123 e. The highest BCUT2D eigenvalue weighted by atomic mass is 79.9. The van der Waals surface area contributed by atoms with Gasteiger partial charge in [-0.25, -0.2) is 4.39 Å². The van der Waals surface area contributed by atoms with Crippen molar-refractivity contribution in [2.45, 2.75) is 38.9 Å². The molecule has 0 radical (unpaired) electrons. The molecule has 1 aromatic rings. The fraction of sp³-hybridized carbons (Fsp3) is 0.600. The van der Waals surface area contributed by atoms with E-state index >= 15 is 0 Å². The van der Waals surface area contributed by atoms with Crippen LogP contribution < -0.4 is 5.32 Å². The van der Waals surface area contributed by atoms with Crippen molar-refractivity contribution in [1.29, 1.82) is 0 Å². The molecule has 0 aromatic heterocycles. The first-order valence-electron chi connectivity index (χ1n) is 6.85. The molecule has 1 saturated heterocycles. The minimum absolute atomic E-state index is 0.176. The number of hydrogen-bond donors (Lipinski definition) is 1. The minimum atomic E-state index is -0.176. The van der Waals surface area contributed by atoms with Crippen molar-refractivity contribution in [3.05, 3.63) is 34.1 Å². The molecular formula is C15H22BrFN2. The molecule has 2 rings (SSSR count). The zero-order valence-corrected chi connectivity index (χ0v) is 13.4. The lowest BCUT2D eigenvalue weighted by molar-refractivity contribution is 0.121. The highest BCUT2D eigenvalue weighted by Gasteiger charge is 2.28. The predicted molar refractivity (Wildman–Crippen MR) is 80.6 cm³/mol. The largest absolute Gasteiger partial charge is 0.310 e. The van der Waals surface area contributed by atoms with Gasteiger partial charge < -0.3 is 10.2 Å². The Hall–Kier alpha value is -0.450. The van der Waals surface area contributed by atoms with Gasteiger partial charge in [-0.15, -0.1) is 0 Å². The van der Waals surface area contributed by atoms with Gasteiger partial charge in [0.1, 0.15) is 5.82 Å². The van der Waals surface area contributed by atoms with Crippen LogP contribution in [0.1, 0.15) is 25.8 Å². The quantitative estimate of drug-likeness (QED) is 0.914. The average Bonchev–Trinajstić information content (AvgIpc) is 2.36. The number of rotatable bonds is 3.